The first-order valence-electron chi connectivity index (χ1n) is 7.36. The number of hydrogen-bond acceptors (Lipinski definition) is 3. The van der Waals surface area contributed by atoms with E-state index in [9.17, 15) is 0 Å². The van der Waals surface area contributed by atoms with E-state index in [0.717, 1.165) is 24.0 Å². The molecule has 0 spiro atoms. The fourth-order valence-electron chi connectivity index (χ4n) is 4.26. The maximum absolute atomic E-state index is 6.04. The van der Waals surface area contributed by atoms with Gasteiger partial charge in [-0.3, -0.25) is 4.90 Å². The van der Waals surface area contributed by atoms with Crippen LogP contribution in [0.15, 0.2) is 0 Å². The number of likely N-dealkylation sites (tertiary alicyclic amines) is 1. The second-order valence-electron chi connectivity index (χ2n) is 6.58. The largest absolute Gasteiger partial charge is 0.328 e. The Hall–Kier alpha value is -0.120. The highest BCUT2D eigenvalue weighted by atomic mass is 15.2. The van der Waals surface area contributed by atoms with E-state index in [-0.39, 0.29) is 0 Å². The van der Waals surface area contributed by atoms with Crippen molar-refractivity contribution in [2.24, 2.45) is 11.7 Å². The van der Waals surface area contributed by atoms with Gasteiger partial charge in [-0.15, -0.1) is 0 Å². The monoisotopic (exact) mass is 237 g/mol. The summed E-state index contributed by atoms with van der Waals surface area (Å²) in [5.41, 5.74) is 6.04. The van der Waals surface area contributed by atoms with E-state index in [4.69, 9.17) is 5.73 Å². The van der Waals surface area contributed by atoms with Gasteiger partial charge in [0, 0.05) is 30.7 Å². The Morgan fingerprint density at radius 1 is 1.06 bits per heavy atom. The van der Waals surface area contributed by atoms with Crippen LogP contribution in [0.1, 0.15) is 39.0 Å². The third-order valence-electron chi connectivity index (χ3n) is 5.59. The molecule has 3 heterocycles. The van der Waals surface area contributed by atoms with Crippen LogP contribution in [0.5, 0.6) is 0 Å². The van der Waals surface area contributed by atoms with Crippen molar-refractivity contribution in [2.75, 3.05) is 20.1 Å². The molecule has 0 aromatic heterocycles. The van der Waals surface area contributed by atoms with Crippen molar-refractivity contribution in [1.29, 1.82) is 0 Å². The molecule has 3 fully saturated rings. The van der Waals surface area contributed by atoms with E-state index in [1.807, 2.05) is 0 Å². The lowest BCUT2D eigenvalue weighted by molar-refractivity contribution is 0.0869. The molecule has 4 unspecified atom stereocenters. The van der Waals surface area contributed by atoms with Crippen molar-refractivity contribution in [2.45, 2.75) is 63.2 Å². The van der Waals surface area contributed by atoms with Gasteiger partial charge in [0.25, 0.3) is 0 Å². The van der Waals surface area contributed by atoms with Gasteiger partial charge in [-0.05, 0) is 58.5 Å². The van der Waals surface area contributed by atoms with E-state index >= 15 is 0 Å². The summed E-state index contributed by atoms with van der Waals surface area (Å²) < 4.78 is 0. The Bertz CT molecular complexity index is 265. The maximum atomic E-state index is 6.04. The number of nitrogens with two attached hydrogens (primary N) is 1. The molecule has 2 N–H and O–H groups in total. The minimum atomic E-state index is 0.378. The van der Waals surface area contributed by atoms with Gasteiger partial charge >= 0.3 is 0 Å². The molecule has 3 aliphatic rings. The predicted octanol–water partition coefficient (Wildman–Crippen LogP) is 1.28. The van der Waals surface area contributed by atoms with Crippen LogP contribution >= 0.6 is 0 Å². The van der Waals surface area contributed by atoms with E-state index in [1.165, 1.54) is 45.2 Å². The molecule has 0 aromatic carbocycles. The minimum absolute atomic E-state index is 0.378. The number of fused-ring (bicyclic) bond motifs is 2. The van der Waals surface area contributed by atoms with Crippen LogP contribution in [0.3, 0.4) is 0 Å². The first kappa shape index (κ1) is 11.9. The van der Waals surface area contributed by atoms with E-state index < -0.39 is 0 Å². The standard InChI is InChI=1S/C14H27N3/c1-10(15)11-5-6-17(9-11)14-7-12-3-4-13(8-14)16(12)2/h10-14H,3-9,15H2,1-2H3. The molecular formula is C14H27N3. The predicted molar refractivity (Wildman–Crippen MR) is 70.9 cm³/mol. The van der Waals surface area contributed by atoms with Crippen molar-refractivity contribution in [3.63, 3.8) is 0 Å². The minimum Gasteiger partial charge on any atom is -0.328 e. The van der Waals surface area contributed by atoms with E-state index in [1.54, 1.807) is 0 Å². The highest BCUT2D eigenvalue weighted by Crippen LogP contribution is 2.37. The number of piperidine rings is 1. The summed E-state index contributed by atoms with van der Waals surface area (Å²) >= 11 is 0. The van der Waals surface area contributed by atoms with Gasteiger partial charge in [-0.2, -0.15) is 0 Å². The zero-order valence-electron chi connectivity index (χ0n) is 11.3. The smallest absolute Gasteiger partial charge is 0.0125 e. The molecule has 3 rings (SSSR count). The fourth-order valence-corrected chi connectivity index (χ4v) is 4.26. The molecular weight excluding hydrogens is 210 g/mol. The van der Waals surface area contributed by atoms with Crippen molar-refractivity contribution in [3.8, 4) is 0 Å². The van der Waals surface area contributed by atoms with Crippen molar-refractivity contribution < 1.29 is 0 Å². The Morgan fingerprint density at radius 2 is 1.71 bits per heavy atom. The quantitative estimate of drug-likeness (QED) is 0.785. The van der Waals surface area contributed by atoms with Gasteiger partial charge in [0.05, 0.1) is 0 Å². The topological polar surface area (TPSA) is 32.5 Å². The summed E-state index contributed by atoms with van der Waals surface area (Å²) in [5.74, 6) is 0.743. The average Bonchev–Trinajstić information content (AvgIpc) is 2.83. The lowest BCUT2D eigenvalue weighted by Gasteiger charge is -2.40. The zero-order valence-corrected chi connectivity index (χ0v) is 11.3. The highest BCUT2D eigenvalue weighted by molar-refractivity contribution is 4.98. The van der Waals surface area contributed by atoms with E-state index in [2.05, 4.69) is 23.8 Å². The van der Waals surface area contributed by atoms with Crippen molar-refractivity contribution >= 4 is 0 Å². The second-order valence-corrected chi connectivity index (χ2v) is 6.58. The van der Waals surface area contributed by atoms with Crippen LogP contribution in [0, 0.1) is 5.92 Å². The normalized spacial score (nSPS) is 45.4. The number of rotatable bonds is 2. The lowest BCUT2D eigenvalue weighted by Crippen LogP contribution is -2.48. The van der Waals surface area contributed by atoms with Crippen LogP contribution < -0.4 is 5.73 Å². The van der Waals surface area contributed by atoms with Crippen molar-refractivity contribution in [3.05, 3.63) is 0 Å². The van der Waals surface area contributed by atoms with Crippen LogP contribution in [0.4, 0.5) is 0 Å². The number of hydrogen-bond donors (Lipinski definition) is 1. The average molecular weight is 237 g/mol. The lowest BCUT2D eigenvalue weighted by atomic mass is 9.96. The molecule has 0 amide bonds. The Kier molecular flexibility index (Phi) is 3.18. The van der Waals surface area contributed by atoms with E-state index in [0.29, 0.717) is 6.04 Å². The Morgan fingerprint density at radius 3 is 2.24 bits per heavy atom. The summed E-state index contributed by atoms with van der Waals surface area (Å²) in [6.07, 6.45) is 6.99. The molecule has 3 saturated heterocycles. The first-order valence-corrected chi connectivity index (χ1v) is 7.36. The molecule has 0 aliphatic carbocycles. The Labute approximate surface area is 105 Å². The molecule has 3 aliphatic heterocycles. The van der Waals surface area contributed by atoms with Crippen LogP contribution in [0.25, 0.3) is 0 Å². The first-order chi connectivity index (χ1) is 8.15. The third kappa shape index (κ3) is 2.13. The summed E-state index contributed by atoms with van der Waals surface area (Å²) in [5, 5.41) is 0. The molecule has 2 bridgehead atoms. The van der Waals surface area contributed by atoms with Gasteiger partial charge in [-0.1, -0.05) is 0 Å². The molecule has 98 valence electrons. The summed E-state index contributed by atoms with van der Waals surface area (Å²) in [6.45, 7) is 4.72. The molecule has 3 heteroatoms. The summed E-state index contributed by atoms with van der Waals surface area (Å²) in [6, 6.07) is 2.97. The zero-order chi connectivity index (χ0) is 12.0. The SMILES string of the molecule is CC(N)C1CCN(C2CC3CCC(C2)N3C)C1. The van der Waals surface area contributed by atoms with Gasteiger partial charge < -0.3 is 10.6 Å². The van der Waals surface area contributed by atoms with Crippen LogP contribution in [-0.2, 0) is 0 Å². The van der Waals surface area contributed by atoms with Crippen LogP contribution in [0.2, 0.25) is 0 Å². The molecule has 3 nitrogen and oxygen atoms in total. The maximum Gasteiger partial charge on any atom is 0.0125 e. The second kappa shape index (κ2) is 4.52. The summed E-state index contributed by atoms with van der Waals surface area (Å²) in [7, 11) is 2.33. The number of nitrogens with zero attached hydrogens (tertiary/aromatic N) is 2. The summed E-state index contributed by atoms with van der Waals surface area (Å²) in [4.78, 5) is 5.38. The molecule has 0 radical (unpaired) electrons. The fraction of sp³-hybridized carbons (Fsp3) is 1.00. The van der Waals surface area contributed by atoms with Crippen LogP contribution in [-0.4, -0.2) is 54.1 Å². The molecule has 0 saturated carbocycles. The molecule has 0 aromatic rings. The van der Waals surface area contributed by atoms with Gasteiger partial charge in [0.15, 0.2) is 0 Å². The third-order valence-corrected chi connectivity index (χ3v) is 5.59. The highest BCUT2D eigenvalue weighted by Gasteiger charge is 2.41. The molecule has 4 atom stereocenters. The van der Waals surface area contributed by atoms with Gasteiger partial charge in [0.1, 0.15) is 0 Å². The van der Waals surface area contributed by atoms with Gasteiger partial charge in [0.2, 0.25) is 0 Å². The van der Waals surface area contributed by atoms with Gasteiger partial charge in [-0.25, -0.2) is 0 Å². The molecule has 17 heavy (non-hydrogen) atoms. The van der Waals surface area contributed by atoms with Crippen molar-refractivity contribution in [1.82, 2.24) is 9.80 Å². The Balaban J connectivity index is 1.60.